The highest BCUT2D eigenvalue weighted by atomic mass is 35.5. The Morgan fingerprint density at radius 1 is 1.17 bits per heavy atom. The SMILES string of the molecule is CC(C)(C(NCC(=O)CN)C(=O)O)[C@H]1CN(c2ccc3cc(-c4ccccc4C(F)(F)F)[nH]c(=O)c3c2)C(=O)O1.Cl. The van der Waals surface area contributed by atoms with Gasteiger partial charge in [-0.2, -0.15) is 13.2 Å². The summed E-state index contributed by atoms with van der Waals surface area (Å²) < 4.78 is 46.1. The van der Waals surface area contributed by atoms with E-state index in [4.69, 9.17) is 10.5 Å². The molecule has 0 radical (unpaired) electrons. The van der Waals surface area contributed by atoms with Crippen LogP contribution in [0.4, 0.5) is 23.7 Å². The second-order valence-corrected chi connectivity index (χ2v) is 10.0. The van der Waals surface area contributed by atoms with Gasteiger partial charge in [0.1, 0.15) is 12.1 Å². The Labute approximate surface area is 238 Å². The molecule has 3 aromatic rings. The molecule has 1 saturated heterocycles. The van der Waals surface area contributed by atoms with Crippen molar-refractivity contribution in [3.8, 4) is 11.3 Å². The van der Waals surface area contributed by atoms with E-state index < -0.39 is 52.7 Å². The van der Waals surface area contributed by atoms with E-state index in [0.29, 0.717) is 5.39 Å². The Balaban J connectivity index is 0.00000462. The molecule has 2 heterocycles. The van der Waals surface area contributed by atoms with Crippen LogP contribution in [0.5, 0.6) is 0 Å². The minimum absolute atomic E-state index is 0. The van der Waals surface area contributed by atoms with Crippen molar-refractivity contribution in [3.05, 3.63) is 64.4 Å². The van der Waals surface area contributed by atoms with Gasteiger partial charge < -0.3 is 20.6 Å². The summed E-state index contributed by atoms with van der Waals surface area (Å²) in [5.41, 5.74) is 2.67. The summed E-state index contributed by atoms with van der Waals surface area (Å²) in [4.78, 5) is 53.1. The van der Waals surface area contributed by atoms with Gasteiger partial charge in [-0.25, -0.2) is 4.79 Å². The molecular formula is C27H28ClF3N4O6. The number of carboxylic acids is 1. The lowest BCUT2D eigenvalue weighted by atomic mass is 9.78. The number of nitrogens with two attached hydrogens (primary N) is 1. The van der Waals surface area contributed by atoms with Gasteiger partial charge in [-0.05, 0) is 29.7 Å². The number of alkyl halides is 3. The lowest BCUT2D eigenvalue weighted by Crippen LogP contribution is -2.55. The minimum atomic E-state index is -4.62. The fourth-order valence-electron chi connectivity index (χ4n) is 4.73. The van der Waals surface area contributed by atoms with E-state index in [2.05, 4.69) is 10.3 Å². The monoisotopic (exact) mass is 596 g/mol. The number of ketones is 1. The summed E-state index contributed by atoms with van der Waals surface area (Å²) >= 11 is 0. The van der Waals surface area contributed by atoms with Crippen molar-refractivity contribution in [1.29, 1.82) is 0 Å². The first-order valence-corrected chi connectivity index (χ1v) is 12.2. The molecule has 1 aliphatic heterocycles. The molecule has 5 N–H and O–H groups in total. The summed E-state index contributed by atoms with van der Waals surface area (Å²) in [7, 11) is 0. The van der Waals surface area contributed by atoms with E-state index >= 15 is 0 Å². The van der Waals surface area contributed by atoms with Gasteiger partial charge in [0.05, 0.1) is 25.2 Å². The van der Waals surface area contributed by atoms with Crippen LogP contribution in [-0.4, -0.2) is 59.7 Å². The van der Waals surface area contributed by atoms with Gasteiger partial charge in [-0.1, -0.05) is 38.1 Å². The molecule has 4 rings (SSSR count). The third-order valence-corrected chi connectivity index (χ3v) is 7.03. The number of aromatic amines is 1. The third-order valence-electron chi connectivity index (χ3n) is 7.03. The molecular weight excluding hydrogens is 569 g/mol. The van der Waals surface area contributed by atoms with Gasteiger partial charge in [0.25, 0.3) is 5.56 Å². The zero-order chi connectivity index (χ0) is 29.4. The second-order valence-electron chi connectivity index (χ2n) is 10.0. The zero-order valence-electron chi connectivity index (χ0n) is 21.9. The largest absolute Gasteiger partial charge is 0.480 e. The molecule has 0 bridgehead atoms. The Kier molecular flexibility index (Phi) is 9.16. The number of cyclic esters (lactones) is 1. The van der Waals surface area contributed by atoms with Crippen molar-refractivity contribution in [2.24, 2.45) is 11.1 Å². The minimum Gasteiger partial charge on any atom is -0.480 e. The molecule has 0 saturated carbocycles. The average Bonchev–Trinajstić information content (AvgIpc) is 3.30. The molecule has 1 fully saturated rings. The second kappa shape index (κ2) is 11.9. The molecule has 14 heteroatoms. The smallest absolute Gasteiger partial charge is 0.417 e. The maximum Gasteiger partial charge on any atom is 0.417 e. The number of carbonyl (C=O) groups excluding carboxylic acids is 2. The van der Waals surface area contributed by atoms with Gasteiger partial charge in [0, 0.05) is 27.7 Å². The number of nitrogens with one attached hydrogen (secondary N) is 2. The van der Waals surface area contributed by atoms with Gasteiger partial charge >= 0.3 is 18.2 Å². The first-order chi connectivity index (χ1) is 18.7. The van der Waals surface area contributed by atoms with Crippen LogP contribution in [-0.2, 0) is 20.5 Å². The van der Waals surface area contributed by atoms with Crippen molar-refractivity contribution in [1.82, 2.24) is 10.3 Å². The number of hydrogen-bond acceptors (Lipinski definition) is 7. The van der Waals surface area contributed by atoms with Crippen molar-refractivity contribution in [2.45, 2.75) is 32.2 Å². The number of pyridine rings is 1. The molecule has 41 heavy (non-hydrogen) atoms. The Bertz CT molecular complexity index is 1540. The van der Waals surface area contributed by atoms with E-state index in [9.17, 15) is 37.5 Å². The van der Waals surface area contributed by atoms with Crippen molar-refractivity contribution >= 4 is 46.7 Å². The number of hydrogen-bond donors (Lipinski definition) is 4. The standard InChI is InChI=1S/C27H27F3N4O6.ClH/c1-26(2,22(24(37)38)32-12-16(35)11-31)21-13-34(25(39)40-21)15-8-7-14-9-20(33-23(36)18(14)10-15)17-5-3-4-6-19(17)27(28,29)30;/h3-10,21-22,32H,11-13,31H2,1-2H3,(H,33,36)(H,37,38);1H/t21-,22?;/m1./s1. The lowest BCUT2D eigenvalue weighted by molar-refractivity contribution is -0.145. The number of H-pyrrole nitrogens is 1. The van der Waals surface area contributed by atoms with Crippen LogP contribution in [0.2, 0.25) is 0 Å². The number of carbonyl (C=O) groups is 3. The molecule has 1 aromatic heterocycles. The first-order valence-electron chi connectivity index (χ1n) is 12.2. The van der Waals surface area contributed by atoms with Gasteiger partial charge in [-0.3, -0.25) is 24.6 Å². The van der Waals surface area contributed by atoms with E-state index in [1.54, 1.807) is 13.8 Å². The van der Waals surface area contributed by atoms with Crippen LogP contribution in [0, 0.1) is 5.41 Å². The number of amides is 1. The fourth-order valence-corrected chi connectivity index (χ4v) is 4.73. The van der Waals surface area contributed by atoms with Crippen LogP contribution < -0.4 is 21.5 Å². The molecule has 0 spiro atoms. The highest BCUT2D eigenvalue weighted by Crippen LogP contribution is 2.38. The zero-order valence-corrected chi connectivity index (χ0v) is 22.8. The molecule has 1 unspecified atom stereocenters. The summed E-state index contributed by atoms with van der Waals surface area (Å²) in [5, 5.41) is 12.9. The molecule has 1 aliphatic rings. The number of fused-ring (bicyclic) bond motifs is 1. The predicted octanol–water partition coefficient (Wildman–Crippen LogP) is 3.56. The number of benzene rings is 2. The van der Waals surface area contributed by atoms with E-state index in [1.807, 2.05) is 0 Å². The maximum absolute atomic E-state index is 13.5. The van der Waals surface area contributed by atoms with E-state index in [0.717, 1.165) is 6.07 Å². The summed E-state index contributed by atoms with van der Waals surface area (Å²) in [6, 6.07) is 9.50. The highest BCUT2D eigenvalue weighted by Gasteiger charge is 2.48. The number of Topliss-reactive ketones (excluding diaryl/α,β-unsaturated/α-hetero) is 1. The molecule has 0 aliphatic carbocycles. The topological polar surface area (TPSA) is 155 Å². The number of aliphatic carboxylic acids is 1. The average molecular weight is 597 g/mol. The number of ether oxygens (including phenoxy) is 1. The Morgan fingerprint density at radius 2 is 1.85 bits per heavy atom. The van der Waals surface area contributed by atoms with Crippen molar-refractivity contribution < 1.29 is 37.4 Å². The van der Waals surface area contributed by atoms with Crippen LogP contribution in [0.1, 0.15) is 19.4 Å². The Hall–Kier alpha value is -3.94. The third kappa shape index (κ3) is 6.37. The van der Waals surface area contributed by atoms with Gasteiger partial charge in [0.2, 0.25) is 0 Å². The molecule has 10 nitrogen and oxygen atoms in total. The maximum atomic E-state index is 13.5. The lowest BCUT2D eigenvalue weighted by Gasteiger charge is -2.35. The summed E-state index contributed by atoms with van der Waals surface area (Å²) in [6.45, 7) is 2.58. The summed E-state index contributed by atoms with van der Waals surface area (Å²) in [6.07, 6.45) is -6.30. The predicted molar refractivity (Wildman–Crippen MR) is 147 cm³/mol. The van der Waals surface area contributed by atoms with Crippen LogP contribution in [0.15, 0.2) is 53.3 Å². The quantitative estimate of drug-likeness (QED) is 0.292. The normalized spacial score (nSPS) is 16.3. The number of carboxylic acid groups (broad SMARTS) is 1. The number of aromatic nitrogens is 1. The molecule has 2 aromatic carbocycles. The molecule has 1 amide bonds. The Morgan fingerprint density at radius 3 is 2.49 bits per heavy atom. The number of nitrogens with zero attached hydrogens (tertiary/aromatic N) is 1. The van der Waals surface area contributed by atoms with Gasteiger partial charge in [0.15, 0.2) is 5.78 Å². The molecule has 2 atom stereocenters. The number of anilines is 1. The van der Waals surface area contributed by atoms with Crippen molar-refractivity contribution in [2.75, 3.05) is 24.5 Å². The number of halogens is 4. The van der Waals surface area contributed by atoms with Gasteiger partial charge in [-0.15, -0.1) is 12.4 Å². The highest BCUT2D eigenvalue weighted by molar-refractivity contribution is 5.95. The van der Waals surface area contributed by atoms with Crippen LogP contribution >= 0.6 is 12.4 Å². The molecule has 220 valence electrons. The first kappa shape index (κ1) is 31.6. The summed E-state index contributed by atoms with van der Waals surface area (Å²) in [5.74, 6) is -1.64. The number of rotatable bonds is 9. The fraction of sp³-hybridized carbons (Fsp3) is 0.333. The van der Waals surface area contributed by atoms with Crippen LogP contribution in [0.25, 0.3) is 22.0 Å². The van der Waals surface area contributed by atoms with Crippen LogP contribution in [0.3, 0.4) is 0 Å². The van der Waals surface area contributed by atoms with E-state index in [1.165, 1.54) is 47.4 Å². The van der Waals surface area contributed by atoms with Crippen molar-refractivity contribution in [3.63, 3.8) is 0 Å². The van der Waals surface area contributed by atoms with E-state index in [-0.39, 0.29) is 54.4 Å².